The Morgan fingerprint density at radius 1 is 1.18 bits per heavy atom. The molecular formula is C32H45NO7. The fourth-order valence-corrected chi connectivity index (χ4v) is 5.17. The molecule has 2 aliphatic rings. The van der Waals surface area contributed by atoms with Crippen molar-refractivity contribution in [2.24, 2.45) is 11.3 Å². The van der Waals surface area contributed by atoms with E-state index in [1.807, 2.05) is 19.1 Å². The SMILES string of the molecule is CC1=C(/C=C/C(C)=C/C=C/C(C)CC(=O)Nc2ccc(OC3OC(CO)C(O)C(O)C3O)cc2)C(C)(C)CCC1. The molecule has 0 aromatic heterocycles. The minimum atomic E-state index is -1.52. The van der Waals surface area contributed by atoms with E-state index in [2.05, 4.69) is 51.2 Å². The number of aliphatic hydroxyl groups excluding tert-OH is 4. The Bertz CT molecular complexity index is 1120. The molecule has 6 atom stereocenters. The standard InChI is InChI=1S/C32H45NO7/c1-20(11-16-25-22(3)10-7-17-32(25,4)5)8-6-9-21(2)18-27(35)33-23-12-14-24(15-13-23)39-31-30(38)29(37)28(36)26(19-34)40-31/h6,8-9,11-16,21,26,28-31,34,36-38H,7,10,17-19H2,1-5H3,(H,33,35)/b9-6+,16-11+,20-8+. The lowest BCUT2D eigenvalue weighted by Crippen LogP contribution is -2.60. The van der Waals surface area contributed by atoms with Crippen LogP contribution in [0.2, 0.25) is 0 Å². The van der Waals surface area contributed by atoms with E-state index in [1.165, 1.54) is 30.4 Å². The molecule has 1 aliphatic heterocycles. The summed E-state index contributed by atoms with van der Waals surface area (Å²) >= 11 is 0. The second kappa shape index (κ2) is 14.2. The lowest BCUT2D eigenvalue weighted by molar-refractivity contribution is -0.277. The van der Waals surface area contributed by atoms with Crippen molar-refractivity contribution < 1.29 is 34.7 Å². The van der Waals surface area contributed by atoms with Crippen molar-refractivity contribution in [3.63, 3.8) is 0 Å². The zero-order valence-electron chi connectivity index (χ0n) is 24.2. The number of amides is 1. The van der Waals surface area contributed by atoms with Gasteiger partial charge in [-0.15, -0.1) is 0 Å². The van der Waals surface area contributed by atoms with Crippen LogP contribution in [0.3, 0.4) is 0 Å². The highest BCUT2D eigenvalue weighted by Crippen LogP contribution is 2.40. The molecule has 1 heterocycles. The van der Waals surface area contributed by atoms with Crippen molar-refractivity contribution in [3.05, 3.63) is 71.4 Å². The summed E-state index contributed by atoms with van der Waals surface area (Å²) in [5.41, 5.74) is 4.87. The van der Waals surface area contributed by atoms with E-state index in [9.17, 15) is 25.2 Å². The lowest BCUT2D eigenvalue weighted by Gasteiger charge is -2.39. The van der Waals surface area contributed by atoms with E-state index >= 15 is 0 Å². The molecule has 0 bridgehead atoms. The number of hydrogen-bond donors (Lipinski definition) is 5. The van der Waals surface area contributed by atoms with Gasteiger partial charge in [-0.2, -0.15) is 0 Å². The van der Waals surface area contributed by atoms with Crippen molar-refractivity contribution in [2.75, 3.05) is 11.9 Å². The third kappa shape index (κ3) is 8.62. The molecule has 6 unspecified atom stereocenters. The summed E-state index contributed by atoms with van der Waals surface area (Å²) in [5, 5.41) is 42.1. The molecule has 0 saturated carbocycles. The average Bonchev–Trinajstić information content (AvgIpc) is 2.89. The summed E-state index contributed by atoms with van der Waals surface area (Å²) in [6.45, 7) is 10.4. The number of carbonyl (C=O) groups excluding carboxylic acids is 1. The minimum absolute atomic E-state index is 0.0454. The van der Waals surface area contributed by atoms with Gasteiger partial charge in [0.15, 0.2) is 0 Å². The Balaban J connectivity index is 1.47. The largest absolute Gasteiger partial charge is 0.462 e. The molecule has 8 heteroatoms. The van der Waals surface area contributed by atoms with Crippen LogP contribution in [0.15, 0.2) is 71.4 Å². The first-order valence-electron chi connectivity index (χ1n) is 14.0. The molecule has 0 radical (unpaired) electrons. The van der Waals surface area contributed by atoms with Crippen molar-refractivity contribution in [1.82, 2.24) is 0 Å². The molecule has 1 saturated heterocycles. The molecule has 1 aliphatic carbocycles. The van der Waals surface area contributed by atoms with E-state index in [0.29, 0.717) is 17.9 Å². The van der Waals surface area contributed by atoms with Gasteiger partial charge in [-0.25, -0.2) is 0 Å². The predicted molar refractivity (Wildman–Crippen MR) is 156 cm³/mol. The van der Waals surface area contributed by atoms with Gasteiger partial charge in [-0.1, -0.05) is 62.3 Å². The second-order valence-corrected chi connectivity index (χ2v) is 11.6. The summed E-state index contributed by atoms with van der Waals surface area (Å²) in [4.78, 5) is 12.5. The number of ether oxygens (including phenoxy) is 2. The number of hydrogen-bond acceptors (Lipinski definition) is 7. The van der Waals surface area contributed by atoms with Crippen LogP contribution in [-0.4, -0.2) is 63.6 Å². The van der Waals surface area contributed by atoms with Gasteiger partial charge < -0.3 is 35.2 Å². The number of anilines is 1. The quantitative estimate of drug-likeness (QED) is 0.271. The summed E-state index contributed by atoms with van der Waals surface area (Å²) in [6.07, 6.45) is 7.68. The molecule has 1 amide bonds. The summed E-state index contributed by atoms with van der Waals surface area (Å²) in [7, 11) is 0. The first-order chi connectivity index (χ1) is 18.9. The zero-order chi connectivity index (χ0) is 29.4. The maximum atomic E-state index is 12.5. The second-order valence-electron chi connectivity index (χ2n) is 11.6. The van der Waals surface area contributed by atoms with Crippen LogP contribution in [-0.2, 0) is 9.53 Å². The van der Waals surface area contributed by atoms with E-state index in [-0.39, 0.29) is 17.2 Å². The van der Waals surface area contributed by atoms with Gasteiger partial charge in [0.2, 0.25) is 12.2 Å². The van der Waals surface area contributed by atoms with E-state index in [1.54, 1.807) is 24.3 Å². The number of allylic oxidation sites excluding steroid dienone is 8. The van der Waals surface area contributed by atoms with Crippen LogP contribution >= 0.6 is 0 Å². The number of rotatable bonds is 10. The Hall–Kier alpha value is -2.75. The molecule has 8 nitrogen and oxygen atoms in total. The number of nitrogens with one attached hydrogen (secondary N) is 1. The smallest absolute Gasteiger partial charge is 0.229 e. The van der Waals surface area contributed by atoms with E-state index < -0.39 is 37.3 Å². The maximum Gasteiger partial charge on any atom is 0.229 e. The Kier molecular flexibility index (Phi) is 11.3. The van der Waals surface area contributed by atoms with Crippen LogP contribution in [0, 0.1) is 11.3 Å². The molecule has 1 aromatic rings. The highest BCUT2D eigenvalue weighted by atomic mass is 16.7. The van der Waals surface area contributed by atoms with Gasteiger partial charge in [0.25, 0.3) is 0 Å². The molecule has 40 heavy (non-hydrogen) atoms. The Morgan fingerprint density at radius 2 is 1.88 bits per heavy atom. The summed E-state index contributed by atoms with van der Waals surface area (Å²) in [5.74, 6) is 0.250. The summed E-state index contributed by atoms with van der Waals surface area (Å²) < 4.78 is 10.9. The third-order valence-electron chi connectivity index (χ3n) is 7.60. The topological polar surface area (TPSA) is 128 Å². The Labute approximate surface area is 237 Å². The molecule has 3 rings (SSSR count). The maximum absolute atomic E-state index is 12.5. The van der Waals surface area contributed by atoms with Crippen LogP contribution in [0.1, 0.15) is 60.3 Å². The first-order valence-corrected chi connectivity index (χ1v) is 14.0. The fourth-order valence-electron chi connectivity index (χ4n) is 5.17. The number of benzene rings is 1. The van der Waals surface area contributed by atoms with Crippen LogP contribution in [0.5, 0.6) is 5.75 Å². The molecule has 220 valence electrons. The van der Waals surface area contributed by atoms with Crippen LogP contribution < -0.4 is 10.1 Å². The van der Waals surface area contributed by atoms with Crippen molar-refractivity contribution in [3.8, 4) is 5.75 Å². The van der Waals surface area contributed by atoms with Gasteiger partial charge in [0.1, 0.15) is 30.2 Å². The van der Waals surface area contributed by atoms with Gasteiger partial charge >= 0.3 is 0 Å². The van der Waals surface area contributed by atoms with Gasteiger partial charge in [0, 0.05) is 12.1 Å². The minimum Gasteiger partial charge on any atom is -0.462 e. The van der Waals surface area contributed by atoms with Crippen LogP contribution in [0.4, 0.5) is 5.69 Å². The third-order valence-corrected chi connectivity index (χ3v) is 7.60. The van der Waals surface area contributed by atoms with E-state index in [0.717, 1.165) is 5.57 Å². The fraction of sp³-hybridized carbons (Fsp3) is 0.531. The molecule has 1 aromatic carbocycles. The Morgan fingerprint density at radius 3 is 2.52 bits per heavy atom. The number of carbonyl (C=O) groups is 1. The molecule has 1 fully saturated rings. The first kappa shape index (κ1) is 31.8. The molecule has 0 spiro atoms. The average molecular weight is 556 g/mol. The summed E-state index contributed by atoms with van der Waals surface area (Å²) in [6, 6.07) is 6.49. The monoisotopic (exact) mass is 555 g/mol. The highest BCUT2D eigenvalue weighted by Gasteiger charge is 2.44. The lowest BCUT2D eigenvalue weighted by atomic mass is 9.72. The van der Waals surface area contributed by atoms with Gasteiger partial charge in [-0.3, -0.25) is 4.79 Å². The highest BCUT2D eigenvalue weighted by molar-refractivity contribution is 5.91. The van der Waals surface area contributed by atoms with Gasteiger partial charge in [-0.05, 0) is 74.3 Å². The normalized spacial score (nSPS) is 28.2. The van der Waals surface area contributed by atoms with Crippen molar-refractivity contribution >= 4 is 11.6 Å². The predicted octanol–water partition coefficient (Wildman–Crippen LogP) is 4.42. The van der Waals surface area contributed by atoms with Crippen molar-refractivity contribution in [1.29, 1.82) is 0 Å². The van der Waals surface area contributed by atoms with Crippen LogP contribution in [0.25, 0.3) is 0 Å². The van der Waals surface area contributed by atoms with Crippen molar-refractivity contribution in [2.45, 2.75) is 91.0 Å². The molecule has 5 N–H and O–H groups in total. The number of aliphatic hydroxyl groups is 4. The molecular weight excluding hydrogens is 510 g/mol. The zero-order valence-corrected chi connectivity index (χ0v) is 24.2. The van der Waals surface area contributed by atoms with E-state index in [4.69, 9.17) is 9.47 Å². The van der Waals surface area contributed by atoms with Gasteiger partial charge in [0.05, 0.1) is 6.61 Å².